The van der Waals surface area contributed by atoms with E-state index in [4.69, 9.17) is 4.74 Å². The molecule has 0 amide bonds. The van der Waals surface area contributed by atoms with Crippen molar-refractivity contribution >= 4 is 0 Å². The molecule has 0 aromatic heterocycles. The first-order valence-corrected chi connectivity index (χ1v) is 7.32. The van der Waals surface area contributed by atoms with Crippen LogP contribution in [0.1, 0.15) is 44.6 Å². The molecule has 0 saturated carbocycles. The number of quaternary nitrogens is 1. The molecule has 1 heterocycles. The van der Waals surface area contributed by atoms with Gasteiger partial charge >= 0.3 is 0 Å². The SMILES string of the molecule is CC(C)c1ccc(OCCC[NH+]2CCCC2)cc1. The highest BCUT2D eigenvalue weighted by Gasteiger charge is 2.14. The van der Waals surface area contributed by atoms with Crippen LogP contribution in [0.4, 0.5) is 0 Å². The van der Waals surface area contributed by atoms with Gasteiger partial charge < -0.3 is 9.64 Å². The fourth-order valence-corrected chi connectivity index (χ4v) is 2.59. The Kier molecular flexibility index (Phi) is 5.06. The summed E-state index contributed by atoms with van der Waals surface area (Å²) in [5.41, 5.74) is 1.38. The summed E-state index contributed by atoms with van der Waals surface area (Å²) in [5.74, 6) is 1.61. The Balaban J connectivity index is 1.66. The van der Waals surface area contributed by atoms with Crippen molar-refractivity contribution in [3.8, 4) is 5.75 Å². The summed E-state index contributed by atoms with van der Waals surface area (Å²) >= 11 is 0. The molecule has 0 bridgehead atoms. The molecule has 1 aromatic carbocycles. The zero-order valence-electron chi connectivity index (χ0n) is 11.7. The highest BCUT2D eigenvalue weighted by Crippen LogP contribution is 2.18. The molecule has 0 atom stereocenters. The molecule has 0 spiro atoms. The average molecular weight is 248 g/mol. The van der Waals surface area contributed by atoms with E-state index in [9.17, 15) is 0 Å². The standard InChI is InChI=1S/C16H25NO/c1-14(2)15-6-8-16(9-7-15)18-13-5-12-17-10-3-4-11-17/h6-9,14H,3-5,10-13H2,1-2H3/p+1. The monoisotopic (exact) mass is 248 g/mol. The van der Waals surface area contributed by atoms with Crippen molar-refractivity contribution in [2.45, 2.75) is 39.0 Å². The molecule has 0 aliphatic carbocycles. The highest BCUT2D eigenvalue weighted by atomic mass is 16.5. The van der Waals surface area contributed by atoms with E-state index in [0.29, 0.717) is 5.92 Å². The molecule has 2 rings (SSSR count). The Morgan fingerprint density at radius 2 is 1.78 bits per heavy atom. The van der Waals surface area contributed by atoms with Crippen LogP contribution in [0, 0.1) is 0 Å². The molecule has 100 valence electrons. The fourth-order valence-electron chi connectivity index (χ4n) is 2.59. The van der Waals surface area contributed by atoms with E-state index in [1.165, 1.54) is 44.5 Å². The normalized spacial score (nSPS) is 16.4. The summed E-state index contributed by atoms with van der Waals surface area (Å²) in [6.45, 7) is 9.28. The van der Waals surface area contributed by atoms with Gasteiger partial charge in [0.25, 0.3) is 0 Å². The maximum absolute atomic E-state index is 5.79. The van der Waals surface area contributed by atoms with Crippen molar-refractivity contribution in [2.75, 3.05) is 26.2 Å². The zero-order chi connectivity index (χ0) is 12.8. The van der Waals surface area contributed by atoms with Crippen LogP contribution in [0.15, 0.2) is 24.3 Å². The Bertz CT molecular complexity index is 339. The summed E-state index contributed by atoms with van der Waals surface area (Å²) < 4.78 is 5.79. The Hall–Kier alpha value is -1.02. The number of hydrogen-bond acceptors (Lipinski definition) is 1. The van der Waals surface area contributed by atoms with Crippen LogP contribution in [0.3, 0.4) is 0 Å². The minimum atomic E-state index is 0.595. The number of benzene rings is 1. The number of nitrogens with one attached hydrogen (secondary N) is 1. The summed E-state index contributed by atoms with van der Waals surface area (Å²) in [4.78, 5) is 1.76. The first kappa shape index (κ1) is 13.4. The largest absolute Gasteiger partial charge is 0.493 e. The lowest BCUT2D eigenvalue weighted by molar-refractivity contribution is -0.887. The second-order valence-corrected chi connectivity index (χ2v) is 5.63. The Labute approximate surface area is 111 Å². The predicted octanol–water partition coefficient (Wildman–Crippen LogP) is 2.26. The van der Waals surface area contributed by atoms with Crippen LogP contribution >= 0.6 is 0 Å². The predicted molar refractivity (Wildman–Crippen MR) is 75.4 cm³/mol. The zero-order valence-corrected chi connectivity index (χ0v) is 11.7. The lowest BCUT2D eigenvalue weighted by atomic mass is 10.0. The summed E-state index contributed by atoms with van der Waals surface area (Å²) in [6.07, 6.45) is 3.99. The molecular weight excluding hydrogens is 222 g/mol. The summed E-state index contributed by atoms with van der Waals surface area (Å²) in [6, 6.07) is 8.54. The van der Waals surface area contributed by atoms with E-state index in [2.05, 4.69) is 38.1 Å². The molecule has 1 N–H and O–H groups in total. The van der Waals surface area contributed by atoms with Crippen LogP contribution in [-0.2, 0) is 0 Å². The van der Waals surface area contributed by atoms with Gasteiger partial charge in [-0.15, -0.1) is 0 Å². The molecular formula is C16H26NO+. The van der Waals surface area contributed by atoms with E-state index in [-0.39, 0.29) is 0 Å². The first-order chi connectivity index (χ1) is 8.75. The van der Waals surface area contributed by atoms with Gasteiger partial charge in [-0.3, -0.25) is 0 Å². The van der Waals surface area contributed by atoms with Gasteiger partial charge in [-0.2, -0.15) is 0 Å². The van der Waals surface area contributed by atoms with Crippen molar-refractivity contribution in [3.05, 3.63) is 29.8 Å². The van der Waals surface area contributed by atoms with Crippen LogP contribution in [0.2, 0.25) is 0 Å². The number of likely N-dealkylation sites (tertiary alicyclic amines) is 1. The second kappa shape index (κ2) is 6.79. The summed E-state index contributed by atoms with van der Waals surface area (Å²) in [7, 11) is 0. The molecule has 18 heavy (non-hydrogen) atoms. The number of rotatable bonds is 6. The molecule has 1 fully saturated rings. The quantitative estimate of drug-likeness (QED) is 0.762. The molecule has 1 aromatic rings. The van der Waals surface area contributed by atoms with Crippen molar-refractivity contribution in [1.29, 1.82) is 0 Å². The molecule has 0 radical (unpaired) electrons. The van der Waals surface area contributed by atoms with Gasteiger partial charge in [0.05, 0.1) is 26.2 Å². The Morgan fingerprint density at radius 3 is 2.39 bits per heavy atom. The van der Waals surface area contributed by atoms with Gasteiger partial charge in [0.2, 0.25) is 0 Å². The van der Waals surface area contributed by atoms with Crippen molar-refractivity contribution in [3.63, 3.8) is 0 Å². The maximum atomic E-state index is 5.79. The van der Waals surface area contributed by atoms with Gasteiger partial charge in [-0.25, -0.2) is 0 Å². The van der Waals surface area contributed by atoms with E-state index in [1.807, 2.05) is 0 Å². The third-order valence-electron chi connectivity index (χ3n) is 3.80. The molecule has 0 unspecified atom stereocenters. The van der Waals surface area contributed by atoms with Crippen molar-refractivity contribution in [1.82, 2.24) is 0 Å². The van der Waals surface area contributed by atoms with Gasteiger partial charge in [-0.05, 0) is 23.6 Å². The number of hydrogen-bond donors (Lipinski definition) is 1. The van der Waals surface area contributed by atoms with Gasteiger partial charge in [-0.1, -0.05) is 26.0 Å². The third kappa shape index (κ3) is 4.02. The molecule has 1 aliphatic heterocycles. The highest BCUT2D eigenvalue weighted by molar-refractivity contribution is 5.28. The number of ether oxygens (including phenoxy) is 1. The van der Waals surface area contributed by atoms with Crippen molar-refractivity contribution in [2.24, 2.45) is 0 Å². The smallest absolute Gasteiger partial charge is 0.119 e. The fraction of sp³-hybridized carbons (Fsp3) is 0.625. The van der Waals surface area contributed by atoms with E-state index in [1.54, 1.807) is 4.90 Å². The second-order valence-electron chi connectivity index (χ2n) is 5.63. The molecule has 2 heteroatoms. The van der Waals surface area contributed by atoms with Gasteiger partial charge in [0.15, 0.2) is 0 Å². The minimum absolute atomic E-state index is 0.595. The molecule has 1 aliphatic rings. The van der Waals surface area contributed by atoms with Crippen LogP contribution < -0.4 is 9.64 Å². The van der Waals surface area contributed by atoms with Crippen LogP contribution in [0.5, 0.6) is 5.75 Å². The summed E-state index contributed by atoms with van der Waals surface area (Å²) in [5, 5.41) is 0. The molecule has 2 nitrogen and oxygen atoms in total. The Morgan fingerprint density at radius 1 is 1.11 bits per heavy atom. The van der Waals surface area contributed by atoms with Gasteiger partial charge in [0, 0.05) is 19.3 Å². The van der Waals surface area contributed by atoms with Crippen LogP contribution in [0.25, 0.3) is 0 Å². The molecule has 1 saturated heterocycles. The lowest BCUT2D eigenvalue weighted by Gasteiger charge is -2.12. The maximum Gasteiger partial charge on any atom is 0.119 e. The lowest BCUT2D eigenvalue weighted by Crippen LogP contribution is -3.10. The minimum Gasteiger partial charge on any atom is -0.493 e. The third-order valence-corrected chi connectivity index (χ3v) is 3.80. The van der Waals surface area contributed by atoms with Gasteiger partial charge in [0.1, 0.15) is 5.75 Å². The average Bonchev–Trinajstić information content (AvgIpc) is 2.88. The topological polar surface area (TPSA) is 13.7 Å². The van der Waals surface area contributed by atoms with E-state index < -0.39 is 0 Å². The first-order valence-electron chi connectivity index (χ1n) is 7.32. The van der Waals surface area contributed by atoms with Crippen molar-refractivity contribution < 1.29 is 9.64 Å². The van der Waals surface area contributed by atoms with Crippen LogP contribution in [-0.4, -0.2) is 26.2 Å². The van der Waals surface area contributed by atoms with E-state index in [0.717, 1.165) is 12.4 Å². The van der Waals surface area contributed by atoms with E-state index >= 15 is 0 Å².